The molecule has 1 fully saturated rings. The van der Waals surface area contributed by atoms with Gasteiger partial charge in [-0.05, 0) is 39.6 Å². The SMILES string of the molecule is CC(=O)c1cccc(S(=O)(=O)N2CCC(N(C)C)C2)c1. The molecule has 0 aromatic heterocycles. The summed E-state index contributed by atoms with van der Waals surface area (Å²) in [4.78, 5) is 13.6. The van der Waals surface area contributed by atoms with Crippen molar-refractivity contribution in [2.24, 2.45) is 0 Å². The maximum atomic E-state index is 12.6. The van der Waals surface area contributed by atoms with Crippen LogP contribution in [0.5, 0.6) is 0 Å². The van der Waals surface area contributed by atoms with Crippen molar-refractivity contribution in [3.05, 3.63) is 29.8 Å². The molecule has 0 aliphatic carbocycles. The van der Waals surface area contributed by atoms with Crippen LogP contribution >= 0.6 is 0 Å². The maximum Gasteiger partial charge on any atom is 0.243 e. The molecule has 1 atom stereocenters. The van der Waals surface area contributed by atoms with Crippen LogP contribution in [0.2, 0.25) is 0 Å². The van der Waals surface area contributed by atoms with Crippen molar-refractivity contribution < 1.29 is 13.2 Å². The zero-order valence-corrected chi connectivity index (χ0v) is 12.9. The third kappa shape index (κ3) is 2.92. The van der Waals surface area contributed by atoms with E-state index in [9.17, 15) is 13.2 Å². The summed E-state index contributed by atoms with van der Waals surface area (Å²) < 4.78 is 26.6. The minimum Gasteiger partial charge on any atom is -0.305 e. The van der Waals surface area contributed by atoms with Crippen molar-refractivity contribution in [2.45, 2.75) is 24.3 Å². The van der Waals surface area contributed by atoms with Crippen LogP contribution in [-0.4, -0.2) is 56.6 Å². The fourth-order valence-corrected chi connectivity index (χ4v) is 3.91. The van der Waals surface area contributed by atoms with Crippen LogP contribution < -0.4 is 0 Å². The number of benzene rings is 1. The molecule has 1 unspecified atom stereocenters. The van der Waals surface area contributed by atoms with Crippen molar-refractivity contribution in [1.82, 2.24) is 9.21 Å². The topological polar surface area (TPSA) is 57.7 Å². The minimum absolute atomic E-state index is 0.130. The van der Waals surface area contributed by atoms with E-state index in [-0.39, 0.29) is 16.7 Å². The van der Waals surface area contributed by atoms with Crippen LogP contribution in [-0.2, 0) is 10.0 Å². The Morgan fingerprint density at radius 3 is 2.60 bits per heavy atom. The van der Waals surface area contributed by atoms with Crippen molar-refractivity contribution in [3.63, 3.8) is 0 Å². The molecule has 1 aromatic rings. The van der Waals surface area contributed by atoms with Gasteiger partial charge in [-0.3, -0.25) is 4.79 Å². The van der Waals surface area contributed by atoms with Crippen molar-refractivity contribution >= 4 is 15.8 Å². The van der Waals surface area contributed by atoms with Gasteiger partial charge in [0.2, 0.25) is 10.0 Å². The zero-order chi connectivity index (χ0) is 14.9. The summed E-state index contributed by atoms with van der Waals surface area (Å²) in [7, 11) is 0.404. The molecular formula is C14H20N2O3S. The molecule has 5 nitrogen and oxygen atoms in total. The lowest BCUT2D eigenvalue weighted by Gasteiger charge is -2.20. The van der Waals surface area contributed by atoms with E-state index in [0.29, 0.717) is 18.7 Å². The summed E-state index contributed by atoms with van der Waals surface area (Å²) >= 11 is 0. The Kier molecular flexibility index (Phi) is 4.27. The van der Waals surface area contributed by atoms with Crippen LogP contribution in [0.15, 0.2) is 29.2 Å². The summed E-state index contributed by atoms with van der Waals surface area (Å²) in [5.41, 5.74) is 0.425. The van der Waals surface area contributed by atoms with Crippen LogP contribution in [0, 0.1) is 0 Å². The monoisotopic (exact) mass is 296 g/mol. The van der Waals surface area contributed by atoms with E-state index >= 15 is 0 Å². The van der Waals surface area contributed by atoms with Gasteiger partial charge in [0.1, 0.15) is 0 Å². The number of carbonyl (C=O) groups is 1. The fourth-order valence-electron chi connectivity index (χ4n) is 2.38. The largest absolute Gasteiger partial charge is 0.305 e. The number of sulfonamides is 1. The third-order valence-corrected chi connectivity index (χ3v) is 5.60. The van der Waals surface area contributed by atoms with Crippen LogP contribution in [0.4, 0.5) is 0 Å². The third-order valence-electron chi connectivity index (χ3n) is 3.73. The van der Waals surface area contributed by atoms with Crippen LogP contribution in [0.1, 0.15) is 23.7 Å². The molecule has 0 spiro atoms. The Morgan fingerprint density at radius 1 is 1.35 bits per heavy atom. The second kappa shape index (κ2) is 5.63. The fraction of sp³-hybridized carbons (Fsp3) is 0.500. The van der Waals surface area contributed by atoms with Gasteiger partial charge in [-0.1, -0.05) is 12.1 Å². The number of hydrogen-bond acceptors (Lipinski definition) is 4. The van der Waals surface area contributed by atoms with Gasteiger partial charge < -0.3 is 4.90 Å². The lowest BCUT2D eigenvalue weighted by molar-refractivity contribution is 0.101. The van der Waals surface area contributed by atoms with E-state index in [4.69, 9.17) is 0 Å². The van der Waals surface area contributed by atoms with Gasteiger partial charge in [0.25, 0.3) is 0 Å². The highest BCUT2D eigenvalue weighted by atomic mass is 32.2. The highest BCUT2D eigenvalue weighted by Crippen LogP contribution is 2.23. The molecule has 0 amide bonds. The smallest absolute Gasteiger partial charge is 0.243 e. The van der Waals surface area contributed by atoms with E-state index < -0.39 is 10.0 Å². The lowest BCUT2D eigenvalue weighted by Crippen LogP contribution is -2.34. The molecule has 2 rings (SSSR count). The molecule has 0 N–H and O–H groups in total. The Bertz CT molecular complexity index is 611. The van der Waals surface area contributed by atoms with Gasteiger partial charge in [0.15, 0.2) is 5.78 Å². The highest BCUT2D eigenvalue weighted by Gasteiger charge is 2.33. The summed E-state index contributed by atoms with van der Waals surface area (Å²) in [5, 5.41) is 0. The Labute approximate surface area is 120 Å². The second-order valence-electron chi connectivity index (χ2n) is 5.35. The Morgan fingerprint density at radius 2 is 2.05 bits per heavy atom. The van der Waals surface area contributed by atoms with E-state index in [2.05, 4.69) is 0 Å². The zero-order valence-electron chi connectivity index (χ0n) is 12.0. The predicted octanol–water partition coefficient (Wildman–Crippen LogP) is 1.21. The van der Waals surface area contributed by atoms with Crippen molar-refractivity contribution in [1.29, 1.82) is 0 Å². The molecule has 1 aliphatic heterocycles. The van der Waals surface area contributed by atoms with Gasteiger partial charge in [0.05, 0.1) is 4.90 Å². The predicted molar refractivity (Wildman–Crippen MR) is 77.3 cm³/mol. The molecule has 110 valence electrons. The lowest BCUT2D eigenvalue weighted by atomic mass is 10.2. The number of nitrogens with zero attached hydrogens (tertiary/aromatic N) is 2. The number of rotatable bonds is 4. The van der Waals surface area contributed by atoms with Gasteiger partial charge >= 0.3 is 0 Å². The molecule has 0 saturated carbocycles. The molecule has 1 aliphatic rings. The Balaban J connectivity index is 2.27. The summed E-state index contributed by atoms with van der Waals surface area (Å²) in [6.45, 7) is 2.46. The van der Waals surface area contributed by atoms with Crippen molar-refractivity contribution in [3.8, 4) is 0 Å². The molecule has 1 heterocycles. The quantitative estimate of drug-likeness (QED) is 0.784. The summed E-state index contributed by atoms with van der Waals surface area (Å²) in [6.07, 6.45) is 0.832. The van der Waals surface area contributed by atoms with Gasteiger partial charge in [-0.2, -0.15) is 4.31 Å². The standard InChI is InChI=1S/C14H20N2O3S/c1-11(17)12-5-4-6-14(9-12)20(18,19)16-8-7-13(10-16)15(2)3/h4-6,9,13H,7-8,10H2,1-3H3. The average Bonchev–Trinajstić information content (AvgIpc) is 2.89. The molecule has 1 aromatic carbocycles. The van der Waals surface area contributed by atoms with Gasteiger partial charge in [-0.15, -0.1) is 0 Å². The molecular weight excluding hydrogens is 276 g/mol. The van der Waals surface area contributed by atoms with Gasteiger partial charge in [0, 0.05) is 24.7 Å². The number of ketones is 1. The number of carbonyl (C=O) groups excluding carboxylic acids is 1. The molecule has 0 radical (unpaired) electrons. The first-order chi connectivity index (χ1) is 9.32. The molecule has 6 heteroatoms. The van der Waals surface area contributed by atoms with Crippen LogP contribution in [0.3, 0.4) is 0 Å². The molecule has 20 heavy (non-hydrogen) atoms. The maximum absolute atomic E-state index is 12.6. The first kappa shape index (κ1) is 15.2. The Hall–Kier alpha value is -1.24. The van der Waals surface area contributed by atoms with Gasteiger partial charge in [-0.25, -0.2) is 8.42 Å². The minimum atomic E-state index is -3.51. The van der Waals surface area contributed by atoms with Crippen LogP contribution in [0.25, 0.3) is 0 Å². The average molecular weight is 296 g/mol. The number of likely N-dealkylation sites (N-methyl/N-ethyl adjacent to an activating group) is 1. The van der Waals surface area contributed by atoms with Crippen molar-refractivity contribution in [2.75, 3.05) is 27.2 Å². The molecule has 1 saturated heterocycles. The summed E-state index contributed by atoms with van der Waals surface area (Å²) in [5.74, 6) is -0.130. The van der Waals surface area contributed by atoms with E-state index in [1.165, 1.54) is 17.3 Å². The second-order valence-corrected chi connectivity index (χ2v) is 7.29. The molecule has 0 bridgehead atoms. The van der Waals surface area contributed by atoms with E-state index in [0.717, 1.165) is 6.42 Å². The first-order valence-electron chi connectivity index (χ1n) is 6.60. The number of Topliss-reactive ketones (excluding diaryl/α,β-unsaturated/α-hetero) is 1. The highest BCUT2D eigenvalue weighted by molar-refractivity contribution is 7.89. The first-order valence-corrected chi connectivity index (χ1v) is 8.04. The summed E-state index contributed by atoms with van der Waals surface area (Å²) in [6, 6.07) is 6.50. The van der Waals surface area contributed by atoms with E-state index in [1.807, 2.05) is 19.0 Å². The number of hydrogen-bond donors (Lipinski definition) is 0. The van der Waals surface area contributed by atoms with E-state index in [1.54, 1.807) is 18.2 Å². The normalized spacial score (nSPS) is 20.5.